The highest BCUT2D eigenvalue weighted by Gasteiger charge is 2.35. The number of aromatic nitrogens is 3. The molecule has 4 aromatic rings. The van der Waals surface area contributed by atoms with Gasteiger partial charge in [0.05, 0.1) is 30.5 Å². The number of pyridine rings is 1. The third-order valence-corrected chi connectivity index (χ3v) is 12.3. The third-order valence-electron chi connectivity index (χ3n) is 12.3. The maximum atomic E-state index is 15.4. The van der Waals surface area contributed by atoms with Crippen LogP contribution < -0.4 is 30.5 Å². The van der Waals surface area contributed by atoms with Crippen molar-refractivity contribution >= 4 is 46.5 Å². The van der Waals surface area contributed by atoms with E-state index < -0.39 is 5.82 Å². The summed E-state index contributed by atoms with van der Waals surface area (Å²) in [6.07, 6.45) is 9.17. The number of benzene rings is 2. The number of imide groups is 1. The summed E-state index contributed by atoms with van der Waals surface area (Å²) >= 11 is 0. The Balaban J connectivity index is 0.760. The SMILES string of the molecule is Cc1c(N2CCc3cnc(Nc4ccc(CC(=O)N5CC(N6CCCCC(c7ccc(N8CCC(=O)NC8=O)cc7)CC6)C5)c(F)c4)nc3C2)cnc2c1NCCO2. The number of rotatable bonds is 8. The van der Waals surface area contributed by atoms with E-state index in [-0.39, 0.29) is 24.3 Å². The molecule has 302 valence electrons. The Labute approximate surface area is 337 Å². The molecule has 0 spiro atoms. The van der Waals surface area contributed by atoms with E-state index in [0.29, 0.717) is 74.2 Å². The number of fused-ring (bicyclic) bond motifs is 2. The zero-order chi connectivity index (χ0) is 39.8. The van der Waals surface area contributed by atoms with E-state index in [1.165, 1.54) is 11.6 Å². The van der Waals surface area contributed by atoms with Gasteiger partial charge in [0.15, 0.2) is 0 Å². The predicted molar refractivity (Wildman–Crippen MR) is 218 cm³/mol. The second-order valence-corrected chi connectivity index (χ2v) is 16.0. The molecule has 3 fully saturated rings. The number of carbonyl (C=O) groups excluding carboxylic acids is 3. The molecule has 7 heterocycles. The topological polar surface area (TPSA) is 148 Å². The lowest BCUT2D eigenvalue weighted by Crippen LogP contribution is -2.61. The summed E-state index contributed by atoms with van der Waals surface area (Å²) in [5.74, 6) is 0.700. The van der Waals surface area contributed by atoms with Crippen molar-refractivity contribution in [1.82, 2.24) is 30.1 Å². The number of likely N-dealkylation sites (tertiary alicyclic amines) is 2. The van der Waals surface area contributed by atoms with Gasteiger partial charge in [-0.15, -0.1) is 0 Å². The molecule has 14 nitrogen and oxygen atoms in total. The smallest absolute Gasteiger partial charge is 0.328 e. The van der Waals surface area contributed by atoms with E-state index >= 15 is 4.39 Å². The number of ether oxygens (including phenoxy) is 1. The number of amides is 4. The lowest BCUT2D eigenvalue weighted by atomic mass is 9.88. The van der Waals surface area contributed by atoms with Gasteiger partial charge in [-0.05, 0) is 92.6 Å². The predicted octanol–water partition coefficient (Wildman–Crippen LogP) is 5.29. The van der Waals surface area contributed by atoms with Crippen LogP contribution in [0.15, 0.2) is 54.9 Å². The van der Waals surface area contributed by atoms with Gasteiger partial charge in [0.25, 0.3) is 0 Å². The Hall–Kier alpha value is -5.83. The fourth-order valence-corrected chi connectivity index (χ4v) is 8.88. The van der Waals surface area contributed by atoms with Crippen molar-refractivity contribution < 1.29 is 23.5 Å². The van der Waals surface area contributed by atoms with Gasteiger partial charge in [0.2, 0.25) is 23.6 Å². The normalized spacial score (nSPS) is 20.1. The van der Waals surface area contributed by atoms with E-state index in [9.17, 15) is 14.4 Å². The summed E-state index contributed by atoms with van der Waals surface area (Å²) in [4.78, 5) is 59.2. The number of hydrogen-bond acceptors (Lipinski definition) is 11. The Morgan fingerprint density at radius 3 is 2.67 bits per heavy atom. The van der Waals surface area contributed by atoms with Crippen molar-refractivity contribution in [3.8, 4) is 5.88 Å². The summed E-state index contributed by atoms with van der Waals surface area (Å²) in [6.45, 7) is 8.50. The summed E-state index contributed by atoms with van der Waals surface area (Å²) in [7, 11) is 0. The number of urea groups is 1. The first kappa shape index (κ1) is 37.7. The second kappa shape index (κ2) is 16.2. The molecule has 5 aliphatic heterocycles. The van der Waals surface area contributed by atoms with Gasteiger partial charge >= 0.3 is 6.03 Å². The molecule has 5 aliphatic rings. The van der Waals surface area contributed by atoms with Crippen LogP contribution >= 0.6 is 0 Å². The fraction of sp³-hybridized carbons (Fsp3) is 0.442. The Morgan fingerprint density at radius 2 is 1.84 bits per heavy atom. The van der Waals surface area contributed by atoms with Gasteiger partial charge in [0, 0.05) is 68.3 Å². The lowest BCUT2D eigenvalue weighted by Gasteiger charge is -2.46. The van der Waals surface area contributed by atoms with Crippen LogP contribution in [0.1, 0.15) is 66.0 Å². The van der Waals surface area contributed by atoms with Gasteiger partial charge in [-0.3, -0.25) is 24.7 Å². The molecule has 2 aromatic heterocycles. The van der Waals surface area contributed by atoms with E-state index in [4.69, 9.17) is 9.72 Å². The third kappa shape index (κ3) is 7.87. The first-order valence-electron chi connectivity index (χ1n) is 20.5. The Bertz CT molecular complexity index is 2210. The number of halogens is 1. The zero-order valence-electron chi connectivity index (χ0n) is 32.8. The maximum absolute atomic E-state index is 15.4. The largest absolute Gasteiger partial charge is 0.474 e. The summed E-state index contributed by atoms with van der Waals surface area (Å²) in [5, 5.41) is 8.96. The number of nitrogens with one attached hydrogen (secondary N) is 3. The van der Waals surface area contributed by atoms with Crippen LogP contribution in [0.5, 0.6) is 5.88 Å². The van der Waals surface area contributed by atoms with Gasteiger partial charge < -0.3 is 25.2 Å². The van der Waals surface area contributed by atoms with Crippen LogP contribution in [0.2, 0.25) is 0 Å². The molecule has 4 amide bonds. The highest BCUT2D eigenvalue weighted by Crippen LogP contribution is 2.37. The molecule has 1 atom stereocenters. The molecule has 0 bridgehead atoms. The molecule has 9 rings (SSSR count). The molecular formula is C43H49FN10O4. The highest BCUT2D eigenvalue weighted by atomic mass is 19.1. The molecule has 3 N–H and O–H groups in total. The first-order valence-corrected chi connectivity index (χ1v) is 20.5. The molecule has 0 aliphatic carbocycles. The average molecular weight is 789 g/mol. The molecule has 15 heteroatoms. The van der Waals surface area contributed by atoms with Crippen LogP contribution in [-0.2, 0) is 29.0 Å². The number of hydrogen-bond donors (Lipinski definition) is 3. The maximum Gasteiger partial charge on any atom is 0.328 e. The second-order valence-electron chi connectivity index (χ2n) is 16.0. The zero-order valence-corrected chi connectivity index (χ0v) is 32.8. The van der Waals surface area contributed by atoms with Crippen molar-refractivity contribution in [2.45, 2.75) is 70.4 Å². The standard InChI is InChI=1S/C43H49FN10O4/c1-27-37(23-46-41-40(27)45-14-19-58-41)52-17-12-31-22-47-42(49-36(31)26-52)48-32-8-5-30(35(44)21-32)20-39(56)53-24-34(25-53)51-15-3-2-4-28(11-16-51)29-6-9-33(10-7-29)54-18-13-38(55)50-43(54)57/h5-10,21-23,28,34,45H,2-4,11-20,24-26H2,1H3,(H,47,48,49)(H,50,55,57). The molecule has 58 heavy (non-hydrogen) atoms. The fourth-order valence-electron chi connectivity index (χ4n) is 8.88. The minimum Gasteiger partial charge on any atom is -0.474 e. The molecule has 0 radical (unpaired) electrons. The van der Waals surface area contributed by atoms with E-state index in [2.05, 4.69) is 54.8 Å². The van der Waals surface area contributed by atoms with Crippen LogP contribution in [0.25, 0.3) is 0 Å². The summed E-state index contributed by atoms with van der Waals surface area (Å²) in [6, 6.07) is 13.0. The van der Waals surface area contributed by atoms with Crippen LogP contribution in [0.3, 0.4) is 0 Å². The van der Waals surface area contributed by atoms with Crippen molar-refractivity contribution in [3.63, 3.8) is 0 Å². The number of carbonyl (C=O) groups is 3. The van der Waals surface area contributed by atoms with Gasteiger partial charge in [-0.25, -0.2) is 24.1 Å². The minimum absolute atomic E-state index is 0.0100. The average Bonchev–Trinajstić information content (AvgIpc) is 3.19. The summed E-state index contributed by atoms with van der Waals surface area (Å²) in [5.41, 5.74) is 8.01. The van der Waals surface area contributed by atoms with Crippen LogP contribution in [0.4, 0.5) is 37.9 Å². The molecule has 0 saturated carbocycles. The van der Waals surface area contributed by atoms with Gasteiger partial charge in [0.1, 0.15) is 18.1 Å². The quantitative estimate of drug-likeness (QED) is 0.214. The Morgan fingerprint density at radius 1 is 0.983 bits per heavy atom. The Kier molecular flexibility index (Phi) is 10.5. The number of anilines is 5. The van der Waals surface area contributed by atoms with Crippen LogP contribution in [0, 0.1) is 12.7 Å². The van der Waals surface area contributed by atoms with Crippen molar-refractivity contribution in [1.29, 1.82) is 0 Å². The molecular weight excluding hydrogens is 740 g/mol. The summed E-state index contributed by atoms with van der Waals surface area (Å²) < 4.78 is 21.1. The van der Waals surface area contributed by atoms with Crippen LogP contribution in [-0.4, -0.2) is 101 Å². The van der Waals surface area contributed by atoms with Crippen molar-refractivity contribution in [2.75, 3.05) is 72.9 Å². The van der Waals surface area contributed by atoms with Crippen molar-refractivity contribution in [3.05, 3.63) is 88.6 Å². The first-order chi connectivity index (χ1) is 28.3. The van der Waals surface area contributed by atoms with E-state index in [0.717, 1.165) is 92.2 Å². The minimum atomic E-state index is -0.440. The lowest BCUT2D eigenvalue weighted by molar-refractivity contribution is -0.138. The monoisotopic (exact) mass is 788 g/mol. The van der Waals surface area contributed by atoms with Crippen molar-refractivity contribution in [2.24, 2.45) is 0 Å². The number of nitrogens with zero attached hydrogens (tertiary/aromatic N) is 7. The highest BCUT2D eigenvalue weighted by molar-refractivity contribution is 6.05. The molecule has 2 aromatic carbocycles. The van der Waals surface area contributed by atoms with E-state index in [1.54, 1.807) is 17.0 Å². The van der Waals surface area contributed by atoms with Gasteiger partial charge in [-0.2, -0.15) is 0 Å². The van der Waals surface area contributed by atoms with Gasteiger partial charge in [-0.1, -0.05) is 24.6 Å². The van der Waals surface area contributed by atoms with E-state index in [1.807, 2.05) is 29.4 Å². The molecule has 3 saturated heterocycles. The molecule has 1 unspecified atom stereocenters.